The molecule has 1 aliphatic rings. The Kier molecular flexibility index (Phi) is 4.02. The fourth-order valence-electron chi connectivity index (χ4n) is 0. The fourth-order valence-corrected chi connectivity index (χ4v) is 0. The van der Waals surface area contributed by atoms with Crippen LogP contribution >= 0.6 is 0 Å². The minimum absolute atomic E-state index is 0. The number of hydrogen-bond donors (Lipinski definition) is 0. The van der Waals surface area contributed by atoms with Gasteiger partial charge in [0, 0.05) is 0 Å². The van der Waals surface area contributed by atoms with Crippen LogP contribution in [0.1, 0.15) is 12.8 Å². The Morgan fingerprint density at radius 1 is 1.25 bits per heavy atom. The maximum Gasteiger partial charge on any atom is 1.00 e. The van der Waals surface area contributed by atoms with Gasteiger partial charge >= 0.3 is 51.4 Å². The van der Waals surface area contributed by atoms with Crippen LogP contribution in [0, 0.1) is 6.42 Å². The zero-order chi connectivity index (χ0) is 2.12. The van der Waals surface area contributed by atoms with Crippen LogP contribution in [-0.2, 0) is 0 Å². The average molecular weight is 80.2 g/mol. The van der Waals surface area contributed by atoms with Gasteiger partial charge < -0.3 is 6.42 Å². The van der Waals surface area contributed by atoms with Gasteiger partial charge in [0.15, 0.2) is 0 Å². The summed E-state index contributed by atoms with van der Waals surface area (Å²) in [4.78, 5) is 0. The van der Waals surface area contributed by atoms with E-state index in [4.69, 9.17) is 0 Å². The van der Waals surface area contributed by atoms with E-state index in [1.54, 1.807) is 0 Å². The molecular formula is C3H5K. The van der Waals surface area contributed by atoms with E-state index in [2.05, 4.69) is 6.42 Å². The van der Waals surface area contributed by atoms with Gasteiger partial charge in [-0.25, -0.2) is 12.8 Å². The quantitative estimate of drug-likeness (QED) is 0.233. The van der Waals surface area contributed by atoms with Crippen molar-refractivity contribution in [1.29, 1.82) is 0 Å². The first-order valence-electron chi connectivity index (χ1n) is 1.32. The third-order valence-corrected chi connectivity index (χ3v) is 0.289. The van der Waals surface area contributed by atoms with Crippen LogP contribution in [0.5, 0.6) is 0 Å². The molecule has 1 heteroatoms. The summed E-state index contributed by atoms with van der Waals surface area (Å²) in [5, 5.41) is 0. The van der Waals surface area contributed by atoms with E-state index < -0.39 is 0 Å². The van der Waals surface area contributed by atoms with Crippen LogP contribution in [0.4, 0.5) is 0 Å². The summed E-state index contributed by atoms with van der Waals surface area (Å²) in [5.41, 5.74) is 0. The summed E-state index contributed by atoms with van der Waals surface area (Å²) >= 11 is 0. The zero-order valence-corrected chi connectivity index (χ0v) is 6.11. The summed E-state index contributed by atoms with van der Waals surface area (Å²) in [5.74, 6) is 0. The Hall–Kier alpha value is 1.64. The van der Waals surface area contributed by atoms with E-state index >= 15 is 0 Å². The first-order chi connectivity index (χ1) is 1.50. The fraction of sp³-hybridized carbons (Fsp3) is 0.667. The topological polar surface area (TPSA) is 0 Å². The van der Waals surface area contributed by atoms with Gasteiger partial charge in [-0.05, 0) is 0 Å². The molecule has 0 nitrogen and oxygen atoms in total. The molecule has 1 fully saturated rings. The Balaban J connectivity index is 0.0000000900. The van der Waals surface area contributed by atoms with Crippen molar-refractivity contribution in [3.63, 3.8) is 0 Å². The molecule has 1 aliphatic carbocycles. The van der Waals surface area contributed by atoms with Gasteiger partial charge in [0.25, 0.3) is 0 Å². The van der Waals surface area contributed by atoms with Gasteiger partial charge in [0.1, 0.15) is 0 Å². The molecule has 0 aromatic rings. The van der Waals surface area contributed by atoms with Crippen molar-refractivity contribution in [3.8, 4) is 0 Å². The van der Waals surface area contributed by atoms with Gasteiger partial charge in [-0.2, -0.15) is 0 Å². The molecule has 1 rings (SSSR count). The first-order valence-corrected chi connectivity index (χ1v) is 1.32. The van der Waals surface area contributed by atoms with Crippen molar-refractivity contribution in [1.82, 2.24) is 0 Å². The molecule has 0 aromatic carbocycles. The predicted molar refractivity (Wildman–Crippen MR) is 13.5 cm³/mol. The normalized spacial score (nSPS) is 18.0. The van der Waals surface area contributed by atoms with E-state index in [1.165, 1.54) is 12.8 Å². The van der Waals surface area contributed by atoms with Crippen molar-refractivity contribution >= 4 is 0 Å². The molecule has 0 heterocycles. The van der Waals surface area contributed by atoms with Crippen LogP contribution < -0.4 is 51.4 Å². The van der Waals surface area contributed by atoms with Crippen LogP contribution in [0.2, 0.25) is 0 Å². The summed E-state index contributed by atoms with van der Waals surface area (Å²) in [6.07, 6.45) is 5.00. The van der Waals surface area contributed by atoms with E-state index in [0.717, 1.165) is 0 Å². The number of hydrogen-bond acceptors (Lipinski definition) is 0. The average Bonchev–Trinajstić information content (AvgIpc) is 1.46. The third-order valence-electron chi connectivity index (χ3n) is 0.289. The molecule has 0 unspecified atom stereocenters. The summed E-state index contributed by atoms with van der Waals surface area (Å²) in [6.45, 7) is 0. The Morgan fingerprint density at radius 3 is 1.50 bits per heavy atom. The molecule has 4 heavy (non-hydrogen) atoms. The summed E-state index contributed by atoms with van der Waals surface area (Å²) in [6, 6.07) is 0. The second-order valence-corrected chi connectivity index (χ2v) is 0.866. The van der Waals surface area contributed by atoms with Crippen molar-refractivity contribution in [2.24, 2.45) is 0 Å². The van der Waals surface area contributed by atoms with Gasteiger partial charge in [-0.15, -0.1) is 0 Å². The molecule has 0 amide bonds. The van der Waals surface area contributed by atoms with Crippen LogP contribution in [0.15, 0.2) is 0 Å². The number of rotatable bonds is 0. The van der Waals surface area contributed by atoms with Crippen LogP contribution in [0.3, 0.4) is 0 Å². The Bertz CT molecular complexity index is 8.00. The summed E-state index contributed by atoms with van der Waals surface area (Å²) in [7, 11) is 0. The molecule has 0 saturated heterocycles. The molecule has 0 atom stereocenters. The van der Waals surface area contributed by atoms with Gasteiger partial charge in [0.05, 0.1) is 0 Å². The molecular weight excluding hydrogens is 75.1 g/mol. The Labute approximate surface area is 69.4 Å². The molecule has 0 aliphatic heterocycles. The van der Waals surface area contributed by atoms with E-state index in [1.807, 2.05) is 0 Å². The van der Waals surface area contributed by atoms with Crippen molar-refractivity contribution in [2.45, 2.75) is 12.8 Å². The predicted octanol–water partition coefficient (Wildman–Crippen LogP) is -2.01. The molecule has 0 spiro atoms. The first kappa shape index (κ1) is 5.64. The molecule has 0 radical (unpaired) electrons. The molecule has 0 N–H and O–H groups in total. The second kappa shape index (κ2) is 2.85. The SMILES string of the molecule is [CH-]1CC1.[K+]. The van der Waals surface area contributed by atoms with Gasteiger partial charge in [0.2, 0.25) is 0 Å². The minimum Gasteiger partial charge on any atom is -0.333 e. The van der Waals surface area contributed by atoms with Crippen LogP contribution in [-0.4, -0.2) is 0 Å². The summed E-state index contributed by atoms with van der Waals surface area (Å²) < 4.78 is 0. The molecule has 0 aromatic heterocycles. The van der Waals surface area contributed by atoms with E-state index in [0.29, 0.717) is 0 Å². The second-order valence-electron chi connectivity index (χ2n) is 0.866. The van der Waals surface area contributed by atoms with Crippen LogP contribution in [0.25, 0.3) is 0 Å². The zero-order valence-electron chi connectivity index (χ0n) is 2.99. The monoisotopic (exact) mass is 80.0 g/mol. The van der Waals surface area contributed by atoms with Gasteiger partial charge in [-0.3, -0.25) is 0 Å². The standard InChI is InChI=1S/C3H5.K/c1-2-3-1;/h1H,2-3H2;/q-1;+1. The maximum absolute atomic E-state index is 2.25. The van der Waals surface area contributed by atoms with E-state index in [9.17, 15) is 0 Å². The molecule has 18 valence electrons. The van der Waals surface area contributed by atoms with Crippen molar-refractivity contribution < 1.29 is 51.4 Å². The van der Waals surface area contributed by atoms with Gasteiger partial charge in [-0.1, -0.05) is 0 Å². The van der Waals surface area contributed by atoms with E-state index in [-0.39, 0.29) is 51.4 Å². The molecule has 0 bridgehead atoms. The molecule has 1 saturated carbocycles. The van der Waals surface area contributed by atoms with Crippen molar-refractivity contribution in [2.75, 3.05) is 0 Å². The maximum atomic E-state index is 2.25. The smallest absolute Gasteiger partial charge is 0.333 e. The van der Waals surface area contributed by atoms with Crippen molar-refractivity contribution in [3.05, 3.63) is 6.42 Å². The third kappa shape index (κ3) is 3.64. The Morgan fingerprint density at radius 2 is 1.50 bits per heavy atom. The minimum atomic E-state index is 0. The largest absolute Gasteiger partial charge is 1.00 e.